The van der Waals surface area contributed by atoms with Gasteiger partial charge < -0.3 is 4.74 Å². The first-order chi connectivity index (χ1) is 9.69. The van der Waals surface area contributed by atoms with Crippen LogP contribution < -0.4 is 16.0 Å². The van der Waals surface area contributed by atoms with Crippen LogP contribution in [0, 0.1) is 12.7 Å². The Kier molecular flexibility index (Phi) is 3.42. The van der Waals surface area contributed by atoms with E-state index >= 15 is 0 Å². The van der Waals surface area contributed by atoms with Crippen LogP contribution in [0.4, 0.5) is 4.39 Å². The van der Waals surface area contributed by atoms with Crippen LogP contribution in [0.1, 0.15) is 28.3 Å². The minimum atomic E-state index is -0.360. The lowest BCUT2D eigenvalue weighted by molar-refractivity contribution is 0.357. The van der Waals surface area contributed by atoms with E-state index in [1.807, 2.05) is 31.2 Å². The Labute approximate surface area is 117 Å². The van der Waals surface area contributed by atoms with Gasteiger partial charge in [0.05, 0.1) is 12.6 Å². The average Bonchev–Trinajstić information content (AvgIpc) is 2.91. The molecule has 3 nitrogen and oxygen atoms in total. The van der Waals surface area contributed by atoms with E-state index in [9.17, 15) is 4.39 Å². The number of nitrogens with two attached hydrogens (primary N) is 1. The van der Waals surface area contributed by atoms with Crippen molar-refractivity contribution in [3.63, 3.8) is 0 Å². The molecule has 104 valence electrons. The monoisotopic (exact) mass is 272 g/mol. The standard InChI is InChI=1S/C16H17FN2O/c1-10-2-4-14(17)13(8-10)16(19-18)12-3-5-15-11(9-12)6-7-20-15/h2-5,8-9,16,19H,6-7,18H2,1H3. The summed E-state index contributed by atoms with van der Waals surface area (Å²) in [5, 5.41) is 0. The van der Waals surface area contributed by atoms with Crippen molar-refractivity contribution in [2.24, 2.45) is 5.84 Å². The molecule has 0 fully saturated rings. The Morgan fingerprint density at radius 3 is 2.90 bits per heavy atom. The molecule has 1 unspecified atom stereocenters. The third-order valence-electron chi connectivity index (χ3n) is 3.68. The maximum Gasteiger partial charge on any atom is 0.128 e. The molecular formula is C16H17FN2O. The summed E-state index contributed by atoms with van der Waals surface area (Å²) in [5.74, 6) is 6.31. The van der Waals surface area contributed by atoms with Gasteiger partial charge in [0.25, 0.3) is 0 Å². The Morgan fingerprint density at radius 2 is 2.10 bits per heavy atom. The largest absolute Gasteiger partial charge is 0.493 e. The van der Waals surface area contributed by atoms with Crippen molar-refractivity contribution in [3.8, 4) is 5.75 Å². The lowest BCUT2D eigenvalue weighted by Gasteiger charge is -2.19. The molecule has 2 aromatic rings. The SMILES string of the molecule is Cc1ccc(F)c(C(NN)c2ccc3c(c2)CCO3)c1. The molecule has 1 atom stereocenters. The molecule has 0 amide bonds. The smallest absolute Gasteiger partial charge is 0.128 e. The molecule has 20 heavy (non-hydrogen) atoms. The third-order valence-corrected chi connectivity index (χ3v) is 3.68. The van der Waals surface area contributed by atoms with Crippen LogP contribution in [0.15, 0.2) is 36.4 Å². The lowest BCUT2D eigenvalue weighted by Crippen LogP contribution is -2.29. The fourth-order valence-corrected chi connectivity index (χ4v) is 2.64. The zero-order valence-electron chi connectivity index (χ0n) is 11.3. The van der Waals surface area contributed by atoms with E-state index in [2.05, 4.69) is 5.43 Å². The van der Waals surface area contributed by atoms with Crippen LogP contribution in [0.3, 0.4) is 0 Å². The third kappa shape index (κ3) is 2.28. The van der Waals surface area contributed by atoms with Crippen LogP contribution in [0.25, 0.3) is 0 Å². The van der Waals surface area contributed by atoms with Crippen LogP contribution in [-0.2, 0) is 6.42 Å². The maximum absolute atomic E-state index is 14.0. The van der Waals surface area contributed by atoms with Crippen LogP contribution in [0.5, 0.6) is 5.75 Å². The number of hydrogen-bond acceptors (Lipinski definition) is 3. The predicted molar refractivity (Wildman–Crippen MR) is 75.9 cm³/mol. The first-order valence-corrected chi connectivity index (χ1v) is 6.67. The molecule has 0 aliphatic carbocycles. The van der Waals surface area contributed by atoms with E-state index in [4.69, 9.17) is 10.6 Å². The second-order valence-electron chi connectivity index (χ2n) is 5.09. The Hall–Kier alpha value is -1.91. The van der Waals surface area contributed by atoms with Crippen molar-refractivity contribution in [1.82, 2.24) is 5.43 Å². The van der Waals surface area contributed by atoms with Gasteiger partial charge in [0.1, 0.15) is 11.6 Å². The molecule has 1 aliphatic heterocycles. The zero-order chi connectivity index (χ0) is 14.1. The Bertz CT molecular complexity index is 642. The maximum atomic E-state index is 14.0. The summed E-state index contributed by atoms with van der Waals surface area (Å²) in [5.41, 5.74) is 6.37. The molecule has 0 radical (unpaired) electrons. The van der Waals surface area contributed by atoms with Crippen molar-refractivity contribution in [2.45, 2.75) is 19.4 Å². The second-order valence-corrected chi connectivity index (χ2v) is 5.09. The van der Waals surface area contributed by atoms with Crippen molar-refractivity contribution < 1.29 is 9.13 Å². The first-order valence-electron chi connectivity index (χ1n) is 6.67. The predicted octanol–water partition coefficient (Wildman–Crippen LogP) is 2.62. The molecule has 1 aliphatic rings. The number of rotatable bonds is 3. The van der Waals surface area contributed by atoms with Gasteiger partial charge in [0.15, 0.2) is 0 Å². The minimum absolute atomic E-state index is 0.254. The highest BCUT2D eigenvalue weighted by Crippen LogP contribution is 2.31. The van der Waals surface area contributed by atoms with E-state index in [-0.39, 0.29) is 11.9 Å². The number of benzene rings is 2. The Morgan fingerprint density at radius 1 is 1.25 bits per heavy atom. The van der Waals surface area contributed by atoms with E-state index in [1.54, 1.807) is 6.07 Å². The highest BCUT2D eigenvalue weighted by atomic mass is 19.1. The van der Waals surface area contributed by atoms with E-state index in [0.717, 1.165) is 28.9 Å². The van der Waals surface area contributed by atoms with E-state index in [1.165, 1.54) is 6.07 Å². The molecule has 0 bridgehead atoms. The van der Waals surface area contributed by atoms with E-state index < -0.39 is 0 Å². The lowest BCUT2D eigenvalue weighted by atomic mass is 9.95. The first kappa shape index (κ1) is 13.1. The van der Waals surface area contributed by atoms with Gasteiger partial charge in [0, 0.05) is 12.0 Å². The number of fused-ring (bicyclic) bond motifs is 1. The summed E-state index contributed by atoms with van der Waals surface area (Å²) in [7, 11) is 0. The Balaban J connectivity index is 2.03. The highest BCUT2D eigenvalue weighted by Gasteiger charge is 2.20. The van der Waals surface area contributed by atoms with Gasteiger partial charge in [-0.05, 0) is 30.2 Å². The fraction of sp³-hybridized carbons (Fsp3) is 0.250. The molecule has 1 heterocycles. The van der Waals surface area contributed by atoms with Crippen molar-refractivity contribution >= 4 is 0 Å². The number of halogens is 1. The number of nitrogens with one attached hydrogen (secondary N) is 1. The van der Waals surface area contributed by atoms with Gasteiger partial charge in [0.2, 0.25) is 0 Å². The number of hydrazine groups is 1. The molecule has 0 aromatic heterocycles. The van der Waals surface area contributed by atoms with Crippen molar-refractivity contribution in [3.05, 3.63) is 64.5 Å². The van der Waals surface area contributed by atoms with Crippen LogP contribution >= 0.6 is 0 Å². The zero-order valence-corrected chi connectivity index (χ0v) is 11.3. The molecule has 4 heteroatoms. The normalized spacial score (nSPS) is 14.8. The summed E-state index contributed by atoms with van der Waals surface area (Å²) in [4.78, 5) is 0. The summed E-state index contributed by atoms with van der Waals surface area (Å²) < 4.78 is 19.5. The fourth-order valence-electron chi connectivity index (χ4n) is 2.64. The quantitative estimate of drug-likeness (QED) is 0.667. The molecule has 3 N–H and O–H groups in total. The molecule has 2 aromatic carbocycles. The summed E-state index contributed by atoms with van der Waals surface area (Å²) >= 11 is 0. The summed E-state index contributed by atoms with van der Waals surface area (Å²) in [6.45, 7) is 2.64. The second kappa shape index (κ2) is 5.23. The molecule has 0 saturated heterocycles. The molecular weight excluding hydrogens is 255 g/mol. The number of aryl methyl sites for hydroxylation is 1. The average molecular weight is 272 g/mol. The van der Waals surface area contributed by atoms with Crippen molar-refractivity contribution in [2.75, 3.05) is 6.61 Å². The molecule has 3 rings (SSSR count). The minimum Gasteiger partial charge on any atom is -0.493 e. The molecule has 0 spiro atoms. The van der Waals surface area contributed by atoms with Gasteiger partial charge in [-0.25, -0.2) is 9.82 Å². The number of ether oxygens (including phenoxy) is 1. The molecule has 0 saturated carbocycles. The topological polar surface area (TPSA) is 47.3 Å². The summed E-state index contributed by atoms with van der Waals surface area (Å²) in [6.07, 6.45) is 0.886. The van der Waals surface area contributed by atoms with Crippen LogP contribution in [0.2, 0.25) is 0 Å². The highest BCUT2D eigenvalue weighted by molar-refractivity contribution is 5.43. The number of hydrogen-bond donors (Lipinski definition) is 2. The van der Waals surface area contributed by atoms with Gasteiger partial charge >= 0.3 is 0 Å². The van der Waals surface area contributed by atoms with Gasteiger partial charge in [-0.3, -0.25) is 5.84 Å². The summed E-state index contributed by atoms with van der Waals surface area (Å²) in [6, 6.07) is 10.6. The van der Waals surface area contributed by atoms with Crippen molar-refractivity contribution in [1.29, 1.82) is 0 Å². The van der Waals surface area contributed by atoms with Crippen LogP contribution in [-0.4, -0.2) is 6.61 Å². The van der Waals surface area contributed by atoms with Gasteiger partial charge in [-0.2, -0.15) is 0 Å². The van der Waals surface area contributed by atoms with Gasteiger partial charge in [-0.15, -0.1) is 0 Å². The van der Waals surface area contributed by atoms with E-state index in [0.29, 0.717) is 12.2 Å². The van der Waals surface area contributed by atoms with Gasteiger partial charge in [-0.1, -0.05) is 29.8 Å².